The van der Waals surface area contributed by atoms with Gasteiger partial charge in [-0.25, -0.2) is 0 Å². The first-order chi connectivity index (χ1) is 9.11. The summed E-state index contributed by atoms with van der Waals surface area (Å²) in [5, 5.41) is 12.8. The van der Waals surface area contributed by atoms with Gasteiger partial charge in [0.05, 0.1) is 6.04 Å². The SMILES string of the molecule is CC(C)NC1CCN(CC2CCCCC2CO)C1=O. The van der Waals surface area contributed by atoms with Gasteiger partial charge >= 0.3 is 0 Å². The van der Waals surface area contributed by atoms with Crippen LogP contribution in [0.5, 0.6) is 0 Å². The second-order valence-corrected chi connectivity index (χ2v) is 6.43. The highest BCUT2D eigenvalue weighted by molar-refractivity contribution is 5.84. The predicted molar refractivity (Wildman–Crippen MR) is 75.8 cm³/mol. The van der Waals surface area contributed by atoms with Gasteiger partial charge in [-0.15, -0.1) is 0 Å². The Morgan fingerprint density at radius 2 is 1.95 bits per heavy atom. The highest BCUT2D eigenvalue weighted by atomic mass is 16.3. The summed E-state index contributed by atoms with van der Waals surface area (Å²) in [4.78, 5) is 14.3. The Labute approximate surface area is 116 Å². The number of nitrogens with one attached hydrogen (secondary N) is 1. The van der Waals surface area contributed by atoms with Crippen LogP contribution in [0.3, 0.4) is 0 Å². The summed E-state index contributed by atoms with van der Waals surface area (Å²) in [6, 6.07) is 0.366. The van der Waals surface area contributed by atoms with E-state index < -0.39 is 0 Å². The van der Waals surface area contributed by atoms with Crippen LogP contribution in [-0.2, 0) is 4.79 Å². The van der Waals surface area contributed by atoms with Gasteiger partial charge in [0, 0.05) is 25.7 Å². The number of nitrogens with zero attached hydrogens (tertiary/aromatic N) is 1. The molecule has 0 aromatic carbocycles. The standard InChI is InChI=1S/C15H28N2O2/c1-11(2)16-14-7-8-17(15(14)19)9-12-5-3-4-6-13(12)10-18/h11-14,16,18H,3-10H2,1-2H3. The molecule has 1 saturated carbocycles. The highest BCUT2D eigenvalue weighted by Gasteiger charge is 2.35. The number of hydrogen-bond acceptors (Lipinski definition) is 3. The molecular formula is C15H28N2O2. The van der Waals surface area contributed by atoms with Crippen molar-refractivity contribution in [2.24, 2.45) is 11.8 Å². The molecule has 0 bridgehead atoms. The maximum Gasteiger partial charge on any atom is 0.239 e. The quantitative estimate of drug-likeness (QED) is 0.792. The largest absolute Gasteiger partial charge is 0.396 e. The van der Waals surface area contributed by atoms with Crippen LogP contribution in [0.15, 0.2) is 0 Å². The number of carbonyl (C=O) groups is 1. The Bertz CT molecular complexity index is 307. The van der Waals surface area contributed by atoms with Crippen molar-refractivity contribution in [2.75, 3.05) is 19.7 Å². The van der Waals surface area contributed by atoms with Crippen LogP contribution < -0.4 is 5.32 Å². The van der Waals surface area contributed by atoms with E-state index in [9.17, 15) is 9.90 Å². The fourth-order valence-electron chi connectivity index (χ4n) is 3.53. The van der Waals surface area contributed by atoms with Gasteiger partial charge in [0.2, 0.25) is 5.91 Å². The van der Waals surface area contributed by atoms with Gasteiger partial charge in [-0.05, 0) is 31.1 Å². The molecule has 0 radical (unpaired) electrons. The van der Waals surface area contributed by atoms with Gasteiger partial charge in [0.15, 0.2) is 0 Å². The van der Waals surface area contributed by atoms with Crippen molar-refractivity contribution in [1.29, 1.82) is 0 Å². The van der Waals surface area contributed by atoms with Crippen molar-refractivity contribution in [3.63, 3.8) is 0 Å². The van der Waals surface area contributed by atoms with E-state index in [0.717, 1.165) is 32.4 Å². The van der Waals surface area contributed by atoms with Crippen LogP contribution >= 0.6 is 0 Å². The van der Waals surface area contributed by atoms with E-state index in [1.807, 2.05) is 4.90 Å². The third kappa shape index (κ3) is 3.69. The summed E-state index contributed by atoms with van der Waals surface area (Å²) in [7, 11) is 0. The maximum absolute atomic E-state index is 12.3. The normalized spacial score (nSPS) is 32.3. The first-order valence-electron chi connectivity index (χ1n) is 7.77. The topological polar surface area (TPSA) is 52.6 Å². The van der Waals surface area contributed by atoms with Crippen molar-refractivity contribution in [2.45, 2.75) is 58.0 Å². The average Bonchev–Trinajstić information content (AvgIpc) is 2.72. The number of aliphatic hydroxyl groups is 1. The lowest BCUT2D eigenvalue weighted by atomic mass is 9.79. The molecule has 4 nitrogen and oxygen atoms in total. The molecule has 1 amide bonds. The van der Waals surface area contributed by atoms with Crippen LogP contribution in [0.25, 0.3) is 0 Å². The lowest BCUT2D eigenvalue weighted by Crippen LogP contribution is -2.43. The number of hydrogen-bond donors (Lipinski definition) is 2. The highest BCUT2D eigenvalue weighted by Crippen LogP contribution is 2.31. The molecular weight excluding hydrogens is 240 g/mol. The smallest absolute Gasteiger partial charge is 0.239 e. The van der Waals surface area contributed by atoms with E-state index in [-0.39, 0.29) is 18.6 Å². The minimum atomic E-state index is 0.0103. The van der Waals surface area contributed by atoms with E-state index in [1.165, 1.54) is 12.8 Å². The van der Waals surface area contributed by atoms with Crippen molar-refractivity contribution < 1.29 is 9.90 Å². The zero-order chi connectivity index (χ0) is 13.8. The van der Waals surface area contributed by atoms with Gasteiger partial charge in [-0.3, -0.25) is 4.79 Å². The Hall–Kier alpha value is -0.610. The van der Waals surface area contributed by atoms with Crippen LogP contribution in [0.2, 0.25) is 0 Å². The fraction of sp³-hybridized carbons (Fsp3) is 0.933. The van der Waals surface area contributed by atoms with Gasteiger partial charge in [-0.2, -0.15) is 0 Å². The number of amides is 1. The third-order valence-corrected chi connectivity index (χ3v) is 4.59. The zero-order valence-electron chi connectivity index (χ0n) is 12.3. The average molecular weight is 268 g/mol. The minimum absolute atomic E-state index is 0.0103. The van der Waals surface area contributed by atoms with E-state index in [4.69, 9.17) is 0 Å². The molecule has 1 saturated heterocycles. The molecule has 0 aromatic heterocycles. The fourth-order valence-corrected chi connectivity index (χ4v) is 3.53. The molecule has 2 fully saturated rings. The summed E-state index contributed by atoms with van der Waals surface area (Å²) in [6.07, 6.45) is 5.69. The number of likely N-dealkylation sites (tertiary alicyclic amines) is 1. The monoisotopic (exact) mass is 268 g/mol. The molecule has 4 heteroatoms. The van der Waals surface area contributed by atoms with Crippen molar-refractivity contribution in [1.82, 2.24) is 10.2 Å². The Morgan fingerprint density at radius 1 is 1.26 bits per heavy atom. The number of carbonyl (C=O) groups excluding carboxylic acids is 1. The molecule has 0 aromatic rings. The van der Waals surface area contributed by atoms with Crippen LogP contribution in [-0.4, -0.2) is 47.7 Å². The predicted octanol–water partition coefficient (Wildman–Crippen LogP) is 1.38. The maximum atomic E-state index is 12.3. The Kier molecular flexibility index (Phi) is 5.22. The summed E-state index contributed by atoms with van der Waals surface area (Å²) in [5.74, 6) is 1.16. The molecule has 110 valence electrons. The Morgan fingerprint density at radius 3 is 2.58 bits per heavy atom. The van der Waals surface area contributed by atoms with E-state index >= 15 is 0 Å². The number of aliphatic hydroxyl groups excluding tert-OH is 1. The van der Waals surface area contributed by atoms with Crippen molar-refractivity contribution >= 4 is 5.91 Å². The Balaban J connectivity index is 1.87. The molecule has 1 heterocycles. The molecule has 19 heavy (non-hydrogen) atoms. The van der Waals surface area contributed by atoms with E-state index in [2.05, 4.69) is 19.2 Å². The summed E-state index contributed by atoms with van der Waals surface area (Å²) < 4.78 is 0. The van der Waals surface area contributed by atoms with Gasteiger partial charge in [0.1, 0.15) is 0 Å². The van der Waals surface area contributed by atoms with E-state index in [0.29, 0.717) is 17.9 Å². The molecule has 2 aliphatic rings. The zero-order valence-corrected chi connectivity index (χ0v) is 12.3. The number of rotatable bonds is 5. The van der Waals surface area contributed by atoms with Crippen LogP contribution in [0.1, 0.15) is 46.0 Å². The van der Waals surface area contributed by atoms with Crippen LogP contribution in [0.4, 0.5) is 0 Å². The van der Waals surface area contributed by atoms with Crippen LogP contribution in [0, 0.1) is 11.8 Å². The second-order valence-electron chi connectivity index (χ2n) is 6.43. The van der Waals surface area contributed by atoms with Gasteiger partial charge in [0.25, 0.3) is 0 Å². The van der Waals surface area contributed by atoms with Gasteiger partial charge < -0.3 is 15.3 Å². The lowest BCUT2D eigenvalue weighted by molar-refractivity contribution is -0.130. The molecule has 2 rings (SSSR count). The third-order valence-electron chi connectivity index (χ3n) is 4.59. The molecule has 2 N–H and O–H groups in total. The molecule has 0 spiro atoms. The molecule has 3 atom stereocenters. The van der Waals surface area contributed by atoms with E-state index in [1.54, 1.807) is 0 Å². The molecule has 3 unspecified atom stereocenters. The molecule has 1 aliphatic heterocycles. The summed E-state index contributed by atoms with van der Waals surface area (Å²) in [5.41, 5.74) is 0. The van der Waals surface area contributed by atoms with Gasteiger partial charge in [-0.1, -0.05) is 26.7 Å². The summed E-state index contributed by atoms with van der Waals surface area (Å²) >= 11 is 0. The first kappa shape index (κ1) is 14.8. The minimum Gasteiger partial charge on any atom is -0.396 e. The molecule has 1 aliphatic carbocycles. The van der Waals surface area contributed by atoms with Crippen molar-refractivity contribution in [3.05, 3.63) is 0 Å². The second kappa shape index (κ2) is 6.71. The summed E-state index contributed by atoms with van der Waals surface area (Å²) in [6.45, 7) is 6.16. The lowest BCUT2D eigenvalue weighted by Gasteiger charge is -2.33. The van der Waals surface area contributed by atoms with Crippen molar-refractivity contribution in [3.8, 4) is 0 Å². The first-order valence-corrected chi connectivity index (χ1v) is 7.77.